The van der Waals surface area contributed by atoms with E-state index in [9.17, 15) is 0 Å². The zero-order valence-electron chi connectivity index (χ0n) is 13.5. The van der Waals surface area contributed by atoms with E-state index in [1.54, 1.807) is 0 Å². The molecule has 0 aromatic heterocycles. The molecule has 0 bridgehead atoms. The summed E-state index contributed by atoms with van der Waals surface area (Å²) in [6.45, 7) is 11.9. The second kappa shape index (κ2) is 7.08. The van der Waals surface area contributed by atoms with Gasteiger partial charge in [-0.05, 0) is 37.5 Å². The van der Waals surface area contributed by atoms with E-state index in [4.69, 9.17) is 0 Å². The molecule has 1 saturated carbocycles. The summed E-state index contributed by atoms with van der Waals surface area (Å²) < 4.78 is 0. The summed E-state index contributed by atoms with van der Waals surface area (Å²) in [6.07, 6.45) is 8.40. The molecule has 3 atom stereocenters. The standard InChI is InChI=1S/C17H34N2/c1-5-16(10-14-7-8-14)19-12-15(9-13(3)4)18-11-17(19)6-2/h13-18H,5-12H2,1-4H3. The van der Waals surface area contributed by atoms with Gasteiger partial charge in [0.25, 0.3) is 0 Å². The maximum Gasteiger partial charge on any atom is 0.0221 e. The molecule has 2 heteroatoms. The van der Waals surface area contributed by atoms with Crippen molar-refractivity contribution in [1.29, 1.82) is 0 Å². The van der Waals surface area contributed by atoms with E-state index in [1.165, 1.54) is 51.6 Å². The topological polar surface area (TPSA) is 15.3 Å². The second-order valence-electron chi connectivity index (χ2n) is 7.23. The number of nitrogens with zero attached hydrogens (tertiary/aromatic N) is 1. The van der Waals surface area contributed by atoms with Gasteiger partial charge in [-0.25, -0.2) is 0 Å². The molecule has 2 aliphatic rings. The van der Waals surface area contributed by atoms with Gasteiger partial charge in [0.05, 0.1) is 0 Å². The fourth-order valence-electron chi connectivity index (χ4n) is 3.72. The summed E-state index contributed by atoms with van der Waals surface area (Å²) in [5.41, 5.74) is 0. The smallest absolute Gasteiger partial charge is 0.0221 e. The third-order valence-electron chi connectivity index (χ3n) is 5.01. The maximum atomic E-state index is 3.79. The zero-order valence-corrected chi connectivity index (χ0v) is 13.5. The van der Waals surface area contributed by atoms with Crippen LogP contribution in [0.2, 0.25) is 0 Å². The van der Waals surface area contributed by atoms with E-state index in [0.717, 1.165) is 30.0 Å². The van der Waals surface area contributed by atoms with Gasteiger partial charge in [0.2, 0.25) is 0 Å². The van der Waals surface area contributed by atoms with Crippen molar-refractivity contribution in [3.8, 4) is 0 Å². The predicted molar refractivity (Wildman–Crippen MR) is 83.5 cm³/mol. The molecule has 19 heavy (non-hydrogen) atoms. The minimum absolute atomic E-state index is 0.719. The van der Waals surface area contributed by atoms with Crippen LogP contribution in [0.4, 0.5) is 0 Å². The van der Waals surface area contributed by atoms with Gasteiger partial charge < -0.3 is 5.32 Å². The average Bonchev–Trinajstić information content (AvgIpc) is 3.19. The lowest BCUT2D eigenvalue weighted by molar-refractivity contribution is 0.0642. The molecule has 1 aliphatic carbocycles. The molecule has 1 saturated heterocycles. The summed E-state index contributed by atoms with van der Waals surface area (Å²) in [5.74, 6) is 1.86. The Balaban J connectivity index is 1.94. The van der Waals surface area contributed by atoms with Crippen LogP contribution in [0.15, 0.2) is 0 Å². The van der Waals surface area contributed by atoms with Crippen molar-refractivity contribution < 1.29 is 0 Å². The molecule has 0 aromatic rings. The van der Waals surface area contributed by atoms with Crippen LogP contribution >= 0.6 is 0 Å². The monoisotopic (exact) mass is 266 g/mol. The Bertz CT molecular complexity index is 260. The molecule has 112 valence electrons. The Hall–Kier alpha value is -0.0800. The van der Waals surface area contributed by atoms with Crippen LogP contribution in [0.3, 0.4) is 0 Å². The van der Waals surface area contributed by atoms with Crippen LogP contribution in [0, 0.1) is 11.8 Å². The van der Waals surface area contributed by atoms with Crippen molar-refractivity contribution in [2.45, 2.75) is 84.3 Å². The first-order valence-corrected chi connectivity index (χ1v) is 8.63. The van der Waals surface area contributed by atoms with E-state index >= 15 is 0 Å². The van der Waals surface area contributed by atoms with Gasteiger partial charge in [-0.15, -0.1) is 0 Å². The van der Waals surface area contributed by atoms with Crippen molar-refractivity contribution in [2.75, 3.05) is 13.1 Å². The van der Waals surface area contributed by atoms with Gasteiger partial charge in [-0.2, -0.15) is 0 Å². The Morgan fingerprint density at radius 1 is 1.16 bits per heavy atom. The fourth-order valence-corrected chi connectivity index (χ4v) is 3.72. The van der Waals surface area contributed by atoms with E-state index < -0.39 is 0 Å². The molecule has 0 aromatic carbocycles. The van der Waals surface area contributed by atoms with E-state index in [2.05, 4.69) is 37.9 Å². The summed E-state index contributed by atoms with van der Waals surface area (Å²) in [5, 5.41) is 3.79. The highest BCUT2D eigenvalue weighted by atomic mass is 15.3. The van der Waals surface area contributed by atoms with Crippen LogP contribution in [-0.2, 0) is 0 Å². The van der Waals surface area contributed by atoms with Gasteiger partial charge >= 0.3 is 0 Å². The normalized spacial score (nSPS) is 30.8. The predicted octanol–water partition coefficient (Wildman–Crippen LogP) is 3.66. The number of hydrogen-bond acceptors (Lipinski definition) is 2. The summed E-state index contributed by atoms with van der Waals surface area (Å²) in [6, 6.07) is 2.33. The quantitative estimate of drug-likeness (QED) is 0.756. The molecule has 3 unspecified atom stereocenters. The van der Waals surface area contributed by atoms with Crippen molar-refractivity contribution in [1.82, 2.24) is 10.2 Å². The largest absolute Gasteiger partial charge is 0.311 e. The first-order valence-electron chi connectivity index (χ1n) is 8.63. The Morgan fingerprint density at radius 3 is 2.42 bits per heavy atom. The van der Waals surface area contributed by atoms with Crippen molar-refractivity contribution in [3.05, 3.63) is 0 Å². The Morgan fingerprint density at radius 2 is 1.89 bits per heavy atom. The van der Waals surface area contributed by atoms with Gasteiger partial charge in [-0.1, -0.05) is 40.5 Å². The zero-order chi connectivity index (χ0) is 13.8. The third kappa shape index (κ3) is 4.46. The molecule has 0 spiro atoms. The summed E-state index contributed by atoms with van der Waals surface area (Å²) >= 11 is 0. The molecule has 1 aliphatic heterocycles. The highest BCUT2D eigenvalue weighted by molar-refractivity contribution is 4.91. The van der Waals surface area contributed by atoms with Crippen LogP contribution in [0.25, 0.3) is 0 Å². The lowest BCUT2D eigenvalue weighted by Crippen LogP contribution is -2.59. The van der Waals surface area contributed by atoms with Crippen molar-refractivity contribution >= 4 is 0 Å². The average molecular weight is 266 g/mol. The first-order chi connectivity index (χ1) is 9.13. The van der Waals surface area contributed by atoms with Gasteiger partial charge in [0.15, 0.2) is 0 Å². The van der Waals surface area contributed by atoms with E-state index in [0.29, 0.717) is 0 Å². The number of nitrogens with one attached hydrogen (secondary N) is 1. The molecule has 2 rings (SSSR count). The highest BCUT2D eigenvalue weighted by Crippen LogP contribution is 2.36. The highest BCUT2D eigenvalue weighted by Gasteiger charge is 2.34. The minimum Gasteiger partial charge on any atom is -0.311 e. The van der Waals surface area contributed by atoms with Crippen molar-refractivity contribution in [3.63, 3.8) is 0 Å². The number of hydrogen-bond donors (Lipinski definition) is 1. The molecule has 1 heterocycles. The molecular formula is C17H34N2. The van der Waals surface area contributed by atoms with Crippen LogP contribution in [-0.4, -0.2) is 36.1 Å². The van der Waals surface area contributed by atoms with Crippen LogP contribution in [0.5, 0.6) is 0 Å². The van der Waals surface area contributed by atoms with E-state index in [-0.39, 0.29) is 0 Å². The van der Waals surface area contributed by atoms with Crippen LogP contribution in [0.1, 0.15) is 66.2 Å². The minimum atomic E-state index is 0.719. The molecule has 2 nitrogen and oxygen atoms in total. The number of piperazine rings is 1. The lowest BCUT2D eigenvalue weighted by atomic mass is 9.95. The van der Waals surface area contributed by atoms with E-state index in [1.807, 2.05) is 0 Å². The molecule has 0 radical (unpaired) electrons. The third-order valence-corrected chi connectivity index (χ3v) is 5.01. The Kier molecular flexibility index (Phi) is 5.70. The lowest BCUT2D eigenvalue weighted by Gasteiger charge is -2.45. The summed E-state index contributed by atoms with van der Waals surface area (Å²) in [4.78, 5) is 2.86. The fraction of sp³-hybridized carbons (Fsp3) is 1.00. The summed E-state index contributed by atoms with van der Waals surface area (Å²) in [7, 11) is 0. The maximum absolute atomic E-state index is 3.79. The van der Waals surface area contributed by atoms with Gasteiger partial charge in [0.1, 0.15) is 0 Å². The van der Waals surface area contributed by atoms with Gasteiger partial charge in [-0.3, -0.25) is 4.90 Å². The first kappa shape index (κ1) is 15.3. The SMILES string of the molecule is CCC1CNC(CC(C)C)CN1C(CC)CC1CC1. The van der Waals surface area contributed by atoms with Crippen molar-refractivity contribution in [2.24, 2.45) is 11.8 Å². The Labute approximate surface area is 120 Å². The molecule has 1 N–H and O–H groups in total. The molecular weight excluding hydrogens is 232 g/mol. The number of rotatable bonds is 7. The molecule has 2 fully saturated rings. The molecule has 0 amide bonds. The van der Waals surface area contributed by atoms with Crippen LogP contribution < -0.4 is 5.32 Å². The van der Waals surface area contributed by atoms with Gasteiger partial charge in [0, 0.05) is 31.2 Å². The second-order valence-corrected chi connectivity index (χ2v) is 7.23.